The number of aromatic nitrogens is 2. The fourth-order valence-corrected chi connectivity index (χ4v) is 4.34. The van der Waals surface area contributed by atoms with Crippen LogP contribution in [-0.2, 0) is 6.54 Å². The Kier molecular flexibility index (Phi) is 8.25. The van der Waals surface area contributed by atoms with E-state index in [0.717, 1.165) is 42.7 Å². The normalized spacial score (nSPS) is 20.1. The van der Waals surface area contributed by atoms with Gasteiger partial charge in [-0.1, -0.05) is 45.9 Å². The Labute approximate surface area is 197 Å². The first-order valence-corrected chi connectivity index (χ1v) is 12.0. The molecule has 0 spiro atoms. The van der Waals surface area contributed by atoms with Crippen molar-refractivity contribution in [2.24, 2.45) is 22.1 Å². The van der Waals surface area contributed by atoms with E-state index in [1.165, 1.54) is 11.8 Å². The summed E-state index contributed by atoms with van der Waals surface area (Å²) in [5.41, 5.74) is 10.3. The number of allylic oxidation sites excluding steroid dienone is 4. The van der Waals surface area contributed by atoms with Gasteiger partial charge in [0.25, 0.3) is 0 Å². The van der Waals surface area contributed by atoms with Crippen LogP contribution in [-0.4, -0.2) is 15.9 Å². The molecule has 1 aliphatic carbocycles. The van der Waals surface area contributed by atoms with E-state index < -0.39 is 0 Å². The van der Waals surface area contributed by atoms with E-state index in [-0.39, 0.29) is 11.2 Å². The maximum Gasteiger partial charge on any atom is 0.152 e. The number of aromatic amines is 1. The third-order valence-corrected chi connectivity index (χ3v) is 6.17. The van der Waals surface area contributed by atoms with Gasteiger partial charge in [0.05, 0.1) is 5.69 Å². The van der Waals surface area contributed by atoms with Crippen molar-refractivity contribution in [1.82, 2.24) is 10.2 Å². The van der Waals surface area contributed by atoms with E-state index in [2.05, 4.69) is 61.4 Å². The molecule has 1 saturated carbocycles. The summed E-state index contributed by atoms with van der Waals surface area (Å²) in [6, 6.07) is 6.85. The smallest absolute Gasteiger partial charge is 0.152 e. The van der Waals surface area contributed by atoms with Crippen LogP contribution in [0.3, 0.4) is 0 Å². The van der Waals surface area contributed by atoms with Gasteiger partial charge in [0.15, 0.2) is 5.82 Å². The van der Waals surface area contributed by atoms with E-state index in [0.29, 0.717) is 29.9 Å². The fourth-order valence-electron chi connectivity index (χ4n) is 4.34. The summed E-state index contributed by atoms with van der Waals surface area (Å²) in [7, 11) is 0. The summed E-state index contributed by atoms with van der Waals surface area (Å²) in [5.74, 6) is 1.11. The zero-order valence-electron chi connectivity index (χ0n) is 20.6. The molecule has 6 heteroatoms. The number of hydrogen-bond donors (Lipinski definition) is 3. The molecule has 0 bridgehead atoms. The van der Waals surface area contributed by atoms with Gasteiger partial charge in [-0.3, -0.25) is 10.1 Å². The van der Waals surface area contributed by atoms with Gasteiger partial charge in [0.2, 0.25) is 0 Å². The van der Waals surface area contributed by atoms with E-state index in [4.69, 9.17) is 10.7 Å². The monoisotopic (exact) mass is 451 g/mol. The van der Waals surface area contributed by atoms with Crippen LogP contribution in [0.1, 0.15) is 77.5 Å². The molecule has 178 valence electrons. The van der Waals surface area contributed by atoms with Gasteiger partial charge in [-0.2, -0.15) is 5.10 Å². The van der Waals surface area contributed by atoms with Crippen LogP contribution in [0, 0.1) is 17.2 Å². The lowest BCUT2D eigenvalue weighted by atomic mass is 9.89. The Morgan fingerprint density at radius 3 is 2.76 bits per heavy atom. The predicted octanol–water partition coefficient (Wildman–Crippen LogP) is 6.99. The third-order valence-electron chi connectivity index (χ3n) is 6.17. The lowest BCUT2D eigenvalue weighted by molar-refractivity contribution is 0.579. The number of H-pyrrole nitrogens is 1. The first kappa shape index (κ1) is 24.9. The maximum absolute atomic E-state index is 14.2. The zero-order valence-corrected chi connectivity index (χ0v) is 20.6. The van der Waals surface area contributed by atoms with Gasteiger partial charge < -0.3 is 11.1 Å². The summed E-state index contributed by atoms with van der Waals surface area (Å²) in [5, 5.41) is 10.6. The first-order chi connectivity index (χ1) is 15.7. The Morgan fingerprint density at radius 2 is 2.09 bits per heavy atom. The van der Waals surface area contributed by atoms with Gasteiger partial charge in [-0.15, -0.1) is 0 Å². The van der Waals surface area contributed by atoms with E-state index in [9.17, 15) is 4.39 Å². The van der Waals surface area contributed by atoms with Crippen molar-refractivity contribution in [3.8, 4) is 0 Å². The minimum absolute atomic E-state index is 0.00221. The number of hydrogen-bond acceptors (Lipinski definition) is 4. The Hall–Kier alpha value is -2.73. The Balaban J connectivity index is 1.74. The fraction of sp³-hybridized carbons (Fsp3) is 0.481. The number of rotatable bonds is 8. The average molecular weight is 452 g/mol. The number of nitrogens with zero attached hydrogens (tertiary/aromatic N) is 2. The van der Waals surface area contributed by atoms with Gasteiger partial charge >= 0.3 is 0 Å². The van der Waals surface area contributed by atoms with Gasteiger partial charge in [0.1, 0.15) is 5.82 Å². The van der Waals surface area contributed by atoms with Crippen molar-refractivity contribution >= 4 is 17.2 Å². The molecule has 4 N–H and O–H groups in total. The van der Waals surface area contributed by atoms with E-state index in [1.54, 1.807) is 12.1 Å². The summed E-state index contributed by atoms with van der Waals surface area (Å²) in [6.45, 7) is 11.2. The van der Waals surface area contributed by atoms with Crippen molar-refractivity contribution in [2.45, 2.75) is 72.8 Å². The number of aliphatic imine (C=N–C) groups is 1. The van der Waals surface area contributed by atoms with Crippen LogP contribution >= 0.6 is 0 Å². The van der Waals surface area contributed by atoms with E-state index >= 15 is 0 Å². The molecule has 0 saturated heterocycles. The molecule has 2 unspecified atom stereocenters. The molecular formula is C27H38FN5. The minimum atomic E-state index is -0.319. The highest BCUT2D eigenvalue weighted by atomic mass is 19.1. The highest BCUT2D eigenvalue weighted by Gasteiger charge is 2.30. The quantitative estimate of drug-likeness (QED) is 0.378. The molecule has 5 nitrogen and oxygen atoms in total. The molecule has 1 fully saturated rings. The summed E-state index contributed by atoms with van der Waals surface area (Å²) >= 11 is 0. The molecule has 2 atom stereocenters. The SMILES string of the molecule is C\C=C/C(=N/C(=C/CC)C1CCC(c2cc(Nc3cc(CN)ccc3F)n[nH]2)C1)C(C)(C)C. The van der Waals surface area contributed by atoms with Crippen molar-refractivity contribution in [3.05, 3.63) is 65.3 Å². The van der Waals surface area contributed by atoms with Crippen molar-refractivity contribution in [2.75, 3.05) is 5.32 Å². The van der Waals surface area contributed by atoms with Crippen LogP contribution in [0.2, 0.25) is 0 Å². The molecule has 1 aromatic carbocycles. The van der Waals surface area contributed by atoms with Gasteiger partial charge in [-0.25, -0.2) is 4.39 Å². The van der Waals surface area contributed by atoms with Crippen LogP contribution in [0.15, 0.2) is 53.2 Å². The van der Waals surface area contributed by atoms with Crippen LogP contribution < -0.4 is 11.1 Å². The average Bonchev–Trinajstić information content (AvgIpc) is 3.43. The highest BCUT2D eigenvalue weighted by Crippen LogP contribution is 2.42. The number of benzene rings is 1. The van der Waals surface area contributed by atoms with Crippen molar-refractivity contribution in [3.63, 3.8) is 0 Å². The van der Waals surface area contributed by atoms with E-state index in [1.807, 2.05) is 13.0 Å². The maximum atomic E-state index is 14.2. The number of nitrogens with one attached hydrogen (secondary N) is 2. The molecule has 0 radical (unpaired) electrons. The van der Waals surface area contributed by atoms with Crippen LogP contribution in [0.5, 0.6) is 0 Å². The van der Waals surface area contributed by atoms with Crippen molar-refractivity contribution < 1.29 is 4.39 Å². The second kappa shape index (κ2) is 10.9. The summed E-state index contributed by atoms with van der Waals surface area (Å²) < 4.78 is 14.2. The third kappa shape index (κ3) is 6.41. The molecule has 2 aromatic rings. The van der Waals surface area contributed by atoms with Crippen molar-refractivity contribution in [1.29, 1.82) is 0 Å². The number of anilines is 2. The molecule has 0 amide bonds. The summed E-state index contributed by atoms with van der Waals surface area (Å²) in [4.78, 5) is 5.12. The van der Waals surface area contributed by atoms with Crippen LogP contribution in [0.25, 0.3) is 0 Å². The molecule has 1 heterocycles. The lowest BCUT2D eigenvalue weighted by Gasteiger charge is -2.21. The molecule has 1 aliphatic rings. The Morgan fingerprint density at radius 1 is 1.30 bits per heavy atom. The molecule has 0 aliphatic heterocycles. The molecule has 33 heavy (non-hydrogen) atoms. The zero-order chi connectivity index (χ0) is 24.0. The first-order valence-electron chi connectivity index (χ1n) is 12.0. The van der Waals surface area contributed by atoms with Gasteiger partial charge in [-0.05, 0) is 56.4 Å². The minimum Gasteiger partial charge on any atom is -0.336 e. The number of halogens is 1. The summed E-state index contributed by atoms with van der Waals surface area (Å²) in [6.07, 6.45) is 10.6. The molecule has 1 aromatic heterocycles. The van der Waals surface area contributed by atoms with Gasteiger partial charge in [0, 0.05) is 47.0 Å². The second-order valence-electron chi connectivity index (χ2n) is 9.84. The predicted molar refractivity (Wildman–Crippen MR) is 136 cm³/mol. The standard InChI is InChI=1S/C27H38FN5/c1-6-8-22(30-25(9-7-2)27(3,4)5)19-11-12-20(15-19)23-16-26(33-32-23)31-24-14-18(17-29)10-13-21(24)28/h7-10,13-14,16,19-20H,6,11-12,15,17,29H2,1-5H3,(H2,31,32,33)/b9-7-,22-8+,30-25-. The Bertz CT molecular complexity index is 1030. The van der Waals surface area contributed by atoms with Crippen LogP contribution in [0.4, 0.5) is 15.9 Å². The lowest BCUT2D eigenvalue weighted by Crippen LogP contribution is -2.19. The topological polar surface area (TPSA) is 79.1 Å². The molecule has 3 rings (SSSR count). The largest absolute Gasteiger partial charge is 0.336 e. The second-order valence-corrected chi connectivity index (χ2v) is 9.84. The molecular weight excluding hydrogens is 413 g/mol. The highest BCUT2D eigenvalue weighted by molar-refractivity contribution is 5.99. The number of nitrogens with two attached hydrogens (primary N) is 1.